The number of aromatic hydroxyl groups is 1. The molecule has 0 atom stereocenters. The second-order valence-corrected chi connectivity index (χ2v) is 4.45. The summed E-state index contributed by atoms with van der Waals surface area (Å²) in [6.45, 7) is 0. The number of anilines is 1. The minimum absolute atomic E-state index is 0.293. The number of nitrogens with two attached hydrogens (primary N) is 1. The third-order valence-electron chi connectivity index (χ3n) is 2.19. The molecule has 0 saturated heterocycles. The lowest BCUT2D eigenvalue weighted by molar-refractivity contribution is 0.470. The second-order valence-electron chi connectivity index (χ2n) is 3.46. The van der Waals surface area contributed by atoms with Gasteiger partial charge >= 0.3 is 0 Å². The maximum Gasteiger partial charge on any atom is 0.119 e. The molecule has 0 aliphatic heterocycles. The van der Waals surface area contributed by atoms with E-state index in [1.807, 2.05) is 12.1 Å². The topological polar surface area (TPSA) is 59.4 Å². The zero-order chi connectivity index (χ0) is 11.4. The molecule has 0 radical (unpaired) electrons. The number of thioether (sulfide) groups is 1. The number of nitrogen functional groups attached to an aromatic ring is 1. The smallest absolute Gasteiger partial charge is 0.119 e. The van der Waals surface area contributed by atoms with E-state index in [9.17, 15) is 5.11 Å². The van der Waals surface area contributed by atoms with E-state index in [1.165, 1.54) is 0 Å². The summed E-state index contributed by atoms with van der Waals surface area (Å²) in [7, 11) is 0. The van der Waals surface area contributed by atoms with Gasteiger partial charge in [-0.3, -0.25) is 0 Å². The molecule has 4 heteroatoms. The molecule has 2 rings (SSSR count). The van der Waals surface area contributed by atoms with Crippen molar-refractivity contribution >= 4 is 17.4 Å². The lowest BCUT2D eigenvalue weighted by atomic mass is 10.2. The van der Waals surface area contributed by atoms with Crippen molar-refractivity contribution < 1.29 is 9.52 Å². The summed E-state index contributed by atoms with van der Waals surface area (Å²) < 4.78 is 5.22. The maximum absolute atomic E-state index is 9.60. The van der Waals surface area contributed by atoms with Gasteiger partial charge in [-0.15, -0.1) is 11.8 Å². The highest BCUT2D eigenvalue weighted by atomic mass is 32.2. The summed E-state index contributed by atoms with van der Waals surface area (Å²) in [5.41, 5.74) is 7.19. The largest absolute Gasteiger partial charge is 0.508 e. The number of furan rings is 1. The monoisotopic (exact) mass is 235 g/mol. The maximum atomic E-state index is 9.60. The first-order valence-electron chi connectivity index (χ1n) is 4.93. The summed E-state index contributed by atoms with van der Waals surface area (Å²) in [6.07, 6.45) is 1.66. The molecule has 3 nitrogen and oxygen atoms in total. The van der Waals surface area contributed by atoms with Gasteiger partial charge in [-0.2, -0.15) is 0 Å². The van der Waals surface area contributed by atoms with E-state index in [-0.39, 0.29) is 0 Å². The van der Waals surface area contributed by atoms with E-state index < -0.39 is 0 Å². The first kappa shape index (κ1) is 11.0. The van der Waals surface area contributed by atoms with Crippen LogP contribution in [0.25, 0.3) is 0 Å². The van der Waals surface area contributed by atoms with Gasteiger partial charge in [0.25, 0.3) is 0 Å². The molecular weight excluding hydrogens is 222 g/mol. The van der Waals surface area contributed by atoms with Gasteiger partial charge in [-0.1, -0.05) is 0 Å². The summed E-state index contributed by atoms with van der Waals surface area (Å²) in [5.74, 6) is 2.74. The summed E-state index contributed by atoms with van der Waals surface area (Å²) in [5, 5.41) is 9.60. The third-order valence-corrected chi connectivity index (χ3v) is 3.19. The van der Waals surface area contributed by atoms with E-state index in [2.05, 4.69) is 0 Å². The van der Waals surface area contributed by atoms with Gasteiger partial charge in [0.05, 0.1) is 12.0 Å². The van der Waals surface area contributed by atoms with Gasteiger partial charge < -0.3 is 15.3 Å². The number of benzene rings is 1. The molecule has 0 aliphatic carbocycles. The van der Waals surface area contributed by atoms with Crippen LogP contribution in [-0.4, -0.2) is 5.11 Å². The Kier molecular flexibility index (Phi) is 3.41. The highest BCUT2D eigenvalue weighted by Gasteiger charge is 2.03. The molecule has 0 fully saturated rings. The highest BCUT2D eigenvalue weighted by Crippen LogP contribution is 2.26. The average molecular weight is 235 g/mol. The van der Waals surface area contributed by atoms with Crippen LogP contribution in [-0.2, 0) is 11.5 Å². The van der Waals surface area contributed by atoms with Crippen molar-refractivity contribution in [1.82, 2.24) is 0 Å². The molecule has 0 unspecified atom stereocenters. The molecule has 0 bridgehead atoms. The number of phenolic OH excluding ortho intramolecular Hbond substituents is 1. The van der Waals surface area contributed by atoms with Gasteiger partial charge in [0.2, 0.25) is 0 Å². The lowest BCUT2D eigenvalue weighted by Crippen LogP contribution is -1.88. The third kappa shape index (κ3) is 2.73. The van der Waals surface area contributed by atoms with Crippen LogP contribution in [0.3, 0.4) is 0 Å². The Balaban J connectivity index is 1.92. The Bertz CT molecular complexity index is 454. The Morgan fingerprint density at radius 2 is 2.12 bits per heavy atom. The van der Waals surface area contributed by atoms with Crippen molar-refractivity contribution in [1.29, 1.82) is 0 Å². The summed E-state index contributed by atoms with van der Waals surface area (Å²) in [6, 6.07) is 8.92. The van der Waals surface area contributed by atoms with Crippen LogP contribution < -0.4 is 5.73 Å². The van der Waals surface area contributed by atoms with Crippen LogP contribution in [0, 0.1) is 0 Å². The minimum Gasteiger partial charge on any atom is -0.508 e. The Labute approximate surface area is 98.3 Å². The molecule has 0 aliphatic rings. The van der Waals surface area contributed by atoms with Crippen LogP contribution in [0.15, 0.2) is 41.0 Å². The van der Waals surface area contributed by atoms with Gasteiger partial charge in [0.15, 0.2) is 0 Å². The predicted molar refractivity (Wildman–Crippen MR) is 66.2 cm³/mol. The van der Waals surface area contributed by atoms with Crippen LogP contribution in [0.4, 0.5) is 5.69 Å². The average Bonchev–Trinajstić information content (AvgIpc) is 2.76. The zero-order valence-corrected chi connectivity index (χ0v) is 9.54. The van der Waals surface area contributed by atoms with E-state index >= 15 is 0 Å². The number of rotatable bonds is 4. The van der Waals surface area contributed by atoms with E-state index in [0.29, 0.717) is 11.4 Å². The molecule has 3 N–H and O–H groups in total. The van der Waals surface area contributed by atoms with Crippen molar-refractivity contribution in [3.05, 3.63) is 47.9 Å². The Morgan fingerprint density at radius 3 is 2.88 bits per heavy atom. The van der Waals surface area contributed by atoms with Crippen molar-refractivity contribution in [2.45, 2.75) is 11.5 Å². The van der Waals surface area contributed by atoms with Crippen molar-refractivity contribution in [3.8, 4) is 5.75 Å². The molecule has 1 aromatic carbocycles. The first-order chi connectivity index (χ1) is 7.75. The molecule has 0 amide bonds. The van der Waals surface area contributed by atoms with Gasteiger partial charge in [-0.05, 0) is 30.3 Å². The molecule has 2 aromatic rings. The second kappa shape index (κ2) is 4.99. The lowest BCUT2D eigenvalue weighted by Gasteiger charge is -2.04. The fourth-order valence-corrected chi connectivity index (χ4v) is 2.30. The van der Waals surface area contributed by atoms with Gasteiger partial charge in [-0.25, -0.2) is 0 Å². The predicted octanol–water partition coefficient (Wildman–Crippen LogP) is 3.00. The van der Waals surface area contributed by atoms with Crippen LogP contribution >= 0.6 is 11.8 Å². The van der Waals surface area contributed by atoms with Crippen molar-refractivity contribution in [2.24, 2.45) is 0 Å². The Hall–Kier alpha value is -1.55. The molecular formula is C12H13NO2S. The molecule has 0 saturated carbocycles. The molecule has 1 heterocycles. The van der Waals surface area contributed by atoms with Crippen molar-refractivity contribution in [2.75, 3.05) is 5.73 Å². The van der Waals surface area contributed by atoms with E-state index in [0.717, 1.165) is 22.8 Å². The van der Waals surface area contributed by atoms with Crippen LogP contribution in [0.1, 0.15) is 11.3 Å². The zero-order valence-electron chi connectivity index (χ0n) is 8.72. The minimum atomic E-state index is 0.293. The highest BCUT2D eigenvalue weighted by molar-refractivity contribution is 7.97. The summed E-state index contributed by atoms with van der Waals surface area (Å²) >= 11 is 1.68. The molecule has 84 valence electrons. The van der Waals surface area contributed by atoms with Gasteiger partial charge in [0, 0.05) is 17.0 Å². The fourth-order valence-electron chi connectivity index (χ4n) is 1.38. The van der Waals surface area contributed by atoms with E-state index in [1.54, 1.807) is 36.2 Å². The number of phenols is 1. The van der Waals surface area contributed by atoms with Crippen LogP contribution in [0.5, 0.6) is 5.75 Å². The van der Waals surface area contributed by atoms with Crippen molar-refractivity contribution in [3.63, 3.8) is 0 Å². The summed E-state index contributed by atoms with van der Waals surface area (Å²) in [4.78, 5) is 0. The molecule has 16 heavy (non-hydrogen) atoms. The fraction of sp³-hybridized carbons (Fsp3) is 0.167. The van der Waals surface area contributed by atoms with Crippen LogP contribution in [0.2, 0.25) is 0 Å². The normalized spacial score (nSPS) is 10.5. The molecule has 0 spiro atoms. The number of hydrogen-bond donors (Lipinski definition) is 2. The standard InChI is InChI=1S/C12H13NO2S/c13-10-3-4-12(14)9(6-10)7-16-8-11-2-1-5-15-11/h1-6,14H,7-8,13H2. The molecule has 1 aromatic heterocycles. The Morgan fingerprint density at radius 1 is 1.25 bits per heavy atom. The SMILES string of the molecule is Nc1ccc(O)c(CSCc2ccco2)c1. The van der Waals surface area contributed by atoms with E-state index in [4.69, 9.17) is 10.2 Å². The quantitative estimate of drug-likeness (QED) is 0.631. The first-order valence-corrected chi connectivity index (χ1v) is 6.08. The van der Waals surface area contributed by atoms with Gasteiger partial charge in [0.1, 0.15) is 11.5 Å². The number of hydrogen-bond acceptors (Lipinski definition) is 4.